The summed E-state index contributed by atoms with van der Waals surface area (Å²) >= 11 is 0. The van der Waals surface area contributed by atoms with Crippen LogP contribution in [0.15, 0.2) is 36.4 Å². The Hall–Kier alpha value is -2.56. The van der Waals surface area contributed by atoms with Crippen LogP contribution in [0.2, 0.25) is 0 Å². The van der Waals surface area contributed by atoms with Gasteiger partial charge in [0.05, 0.1) is 14.2 Å². The molecule has 1 N–H and O–H groups in total. The van der Waals surface area contributed by atoms with Gasteiger partial charge in [-0.25, -0.2) is 4.39 Å². The number of hydrogen-bond donors (Lipinski definition) is 1. The molecule has 5 heteroatoms. The number of hydrogen-bond acceptors (Lipinski definition) is 3. The third kappa shape index (κ3) is 3.51. The second kappa shape index (κ2) is 6.26. The first-order valence-corrected chi connectivity index (χ1v) is 6.34. The Kier molecular flexibility index (Phi) is 4.42. The van der Waals surface area contributed by atoms with Gasteiger partial charge in [-0.1, -0.05) is 0 Å². The molecule has 1 amide bonds. The molecule has 0 bridgehead atoms. The van der Waals surface area contributed by atoms with Crippen LogP contribution in [0.5, 0.6) is 11.5 Å². The first-order valence-electron chi connectivity index (χ1n) is 6.34. The van der Waals surface area contributed by atoms with Crippen LogP contribution in [-0.2, 0) is 0 Å². The zero-order valence-corrected chi connectivity index (χ0v) is 12.1. The van der Waals surface area contributed by atoms with Crippen molar-refractivity contribution in [3.05, 3.63) is 53.3 Å². The van der Waals surface area contributed by atoms with Gasteiger partial charge in [0.2, 0.25) is 0 Å². The Morgan fingerprint density at radius 2 is 1.67 bits per heavy atom. The third-order valence-electron chi connectivity index (χ3n) is 3.03. The predicted molar refractivity (Wildman–Crippen MR) is 78.6 cm³/mol. The Morgan fingerprint density at radius 3 is 2.19 bits per heavy atom. The molecular weight excluding hydrogens is 273 g/mol. The summed E-state index contributed by atoms with van der Waals surface area (Å²) in [6.07, 6.45) is 0. The van der Waals surface area contributed by atoms with E-state index in [1.807, 2.05) is 0 Å². The molecule has 0 radical (unpaired) electrons. The lowest BCUT2D eigenvalue weighted by atomic mass is 10.1. The molecule has 0 saturated heterocycles. The summed E-state index contributed by atoms with van der Waals surface area (Å²) in [7, 11) is 3.06. The molecular formula is C16H16FNO3. The van der Waals surface area contributed by atoms with Gasteiger partial charge in [0.25, 0.3) is 5.91 Å². The summed E-state index contributed by atoms with van der Waals surface area (Å²) < 4.78 is 23.5. The van der Waals surface area contributed by atoms with Gasteiger partial charge in [0.15, 0.2) is 0 Å². The van der Waals surface area contributed by atoms with Gasteiger partial charge in [-0.05, 0) is 30.7 Å². The minimum absolute atomic E-state index is 0.326. The normalized spacial score (nSPS) is 10.1. The highest BCUT2D eigenvalue weighted by Crippen LogP contribution is 2.26. The molecule has 0 atom stereocenters. The Morgan fingerprint density at radius 1 is 1.05 bits per heavy atom. The van der Waals surface area contributed by atoms with E-state index in [1.54, 1.807) is 25.1 Å². The highest BCUT2D eigenvalue weighted by Gasteiger charge is 2.10. The molecule has 0 spiro atoms. The van der Waals surface area contributed by atoms with Gasteiger partial charge in [-0.2, -0.15) is 0 Å². The summed E-state index contributed by atoms with van der Waals surface area (Å²) in [5, 5.41) is 2.73. The van der Waals surface area contributed by atoms with E-state index in [2.05, 4.69) is 5.32 Å². The molecule has 0 aliphatic carbocycles. The van der Waals surface area contributed by atoms with Gasteiger partial charge in [0.1, 0.15) is 17.3 Å². The maximum absolute atomic E-state index is 13.2. The highest BCUT2D eigenvalue weighted by molar-refractivity contribution is 6.04. The van der Waals surface area contributed by atoms with Crippen molar-refractivity contribution in [2.45, 2.75) is 6.92 Å². The number of halogens is 1. The topological polar surface area (TPSA) is 47.6 Å². The summed E-state index contributed by atoms with van der Waals surface area (Å²) in [5.41, 5.74) is 1.35. The number of nitrogens with one attached hydrogen (secondary N) is 1. The molecule has 0 aliphatic rings. The molecule has 4 nitrogen and oxygen atoms in total. The van der Waals surface area contributed by atoms with E-state index in [9.17, 15) is 9.18 Å². The lowest BCUT2D eigenvalue weighted by Gasteiger charge is -2.10. The minimum atomic E-state index is -0.338. The molecule has 2 rings (SSSR count). The first-order chi connectivity index (χ1) is 10.0. The third-order valence-corrected chi connectivity index (χ3v) is 3.03. The largest absolute Gasteiger partial charge is 0.497 e. The summed E-state index contributed by atoms with van der Waals surface area (Å²) in [6.45, 7) is 1.61. The van der Waals surface area contributed by atoms with Gasteiger partial charge in [-0.3, -0.25) is 4.79 Å². The summed E-state index contributed by atoms with van der Waals surface area (Å²) in [6, 6.07) is 9.28. The Labute approximate surface area is 122 Å². The zero-order valence-electron chi connectivity index (χ0n) is 12.1. The number of rotatable bonds is 4. The number of carbonyl (C=O) groups excluding carboxylic acids is 1. The van der Waals surface area contributed by atoms with E-state index in [0.717, 1.165) is 0 Å². The van der Waals surface area contributed by atoms with Crippen molar-refractivity contribution >= 4 is 11.6 Å². The van der Waals surface area contributed by atoms with Crippen LogP contribution in [0, 0.1) is 12.7 Å². The molecule has 0 aromatic heterocycles. The summed E-state index contributed by atoms with van der Waals surface area (Å²) in [5.74, 6) is 0.475. The van der Waals surface area contributed by atoms with Crippen LogP contribution in [-0.4, -0.2) is 20.1 Å². The fourth-order valence-electron chi connectivity index (χ4n) is 1.87. The van der Waals surface area contributed by atoms with Gasteiger partial charge in [-0.15, -0.1) is 0 Å². The lowest BCUT2D eigenvalue weighted by molar-refractivity contribution is 0.102. The van der Waals surface area contributed by atoms with Crippen LogP contribution in [0.3, 0.4) is 0 Å². The van der Waals surface area contributed by atoms with Crippen molar-refractivity contribution in [3.8, 4) is 11.5 Å². The number of aryl methyl sites for hydroxylation is 1. The van der Waals surface area contributed by atoms with Crippen molar-refractivity contribution in [2.75, 3.05) is 19.5 Å². The number of anilines is 1. The monoisotopic (exact) mass is 289 g/mol. The summed E-state index contributed by atoms with van der Waals surface area (Å²) in [4.78, 5) is 12.2. The zero-order chi connectivity index (χ0) is 15.4. The van der Waals surface area contributed by atoms with E-state index >= 15 is 0 Å². The average Bonchev–Trinajstić information content (AvgIpc) is 2.49. The molecule has 0 fully saturated rings. The second-order valence-electron chi connectivity index (χ2n) is 4.52. The first kappa shape index (κ1) is 14.8. The molecule has 2 aromatic carbocycles. The molecule has 0 aliphatic heterocycles. The molecule has 0 heterocycles. The number of carbonyl (C=O) groups is 1. The van der Waals surface area contributed by atoms with E-state index in [0.29, 0.717) is 28.3 Å². The van der Waals surface area contributed by atoms with Crippen LogP contribution >= 0.6 is 0 Å². The molecule has 0 unspecified atom stereocenters. The van der Waals surface area contributed by atoms with Crippen LogP contribution in [0.4, 0.5) is 10.1 Å². The van der Waals surface area contributed by atoms with Gasteiger partial charge in [0, 0.05) is 29.4 Å². The smallest absolute Gasteiger partial charge is 0.255 e. The maximum Gasteiger partial charge on any atom is 0.255 e. The molecule has 2 aromatic rings. The average molecular weight is 289 g/mol. The van der Waals surface area contributed by atoms with Crippen molar-refractivity contribution in [3.63, 3.8) is 0 Å². The molecule has 21 heavy (non-hydrogen) atoms. The number of ether oxygens (including phenoxy) is 2. The predicted octanol–water partition coefficient (Wildman–Crippen LogP) is 3.40. The Balaban J connectivity index is 2.24. The van der Waals surface area contributed by atoms with Crippen molar-refractivity contribution in [1.82, 2.24) is 0 Å². The van der Waals surface area contributed by atoms with E-state index < -0.39 is 0 Å². The SMILES string of the molecule is COc1cc(NC(=O)c2ccc(F)c(C)c2)cc(OC)c1. The van der Waals surface area contributed by atoms with Crippen LogP contribution < -0.4 is 14.8 Å². The highest BCUT2D eigenvalue weighted by atomic mass is 19.1. The fraction of sp³-hybridized carbons (Fsp3) is 0.188. The standard InChI is InChI=1S/C16H16FNO3/c1-10-6-11(4-5-15(10)17)16(19)18-12-7-13(20-2)9-14(8-12)21-3/h4-9H,1-3H3,(H,18,19). The molecule has 110 valence electrons. The minimum Gasteiger partial charge on any atom is -0.497 e. The van der Waals surface area contributed by atoms with E-state index in [4.69, 9.17) is 9.47 Å². The van der Waals surface area contributed by atoms with E-state index in [1.165, 1.54) is 32.4 Å². The van der Waals surface area contributed by atoms with E-state index in [-0.39, 0.29) is 11.7 Å². The fourth-order valence-corrected chi connectivity index (χ4v) is 1.87. The molecule has 0 saturated carbocycles. The van der Waals surface area contributed by atoms with Crippen molar-refractivity contribution < 1.29 is 18.7 Å². The lowest BCUT2D eigenvalue weighted by Crippen LogP contribution is -2.12. The number of amides is 1. The van der Waals surface area contributed by atoms with Gasteiger partial charge >= 0.3 is 0 Å². The maximum atomic E-state index is 13.2. The van der Waals surface area contributed by atoms with Crippen molar-refractivity contribution in [2.24, 2.45) is 0 Å². The number of methoxy groups -OCH3 is 2. The Bertz CT molecular complexity index is 648. The van der Waals surface area contributed by atoms with Crippen LogP contribution in [0.1, 0.15) is 15.9 Å². The second-order valence-corrected chi connectivity index (χ2v) is 4.52. The van der Waals surface area contributed by atoms with Gasteiger partial charge < -0.3 is 14.8 Å². The number of benzene rings is 2. The quantitative estimate of drug-likeness (QED) is 0.938. The van der Waals surface area contributed by atoms with Crippen LogP contribution in [0.25, 0.3) is 0 Å². The van der Waals surface area contributed by atoms with Crippen molar-refractivity contribution in [1.29, 1.82) is 0 Å².